The first-order valence-corrected chi connectivity index (χ1v) is 11.5. The van der Waals surface area contributed by atoms with E-state index in [1.54, 1.807) is 6.07 Å². The van der Waals surface area contributed by atoms with E-state index in [-0.39, 0.29) is 23.1 Å². The van der Waals surface area contributed by atoms with Gasteiger partial charge in [0.15, 0.2) is 5.65 Å². The zero-order valence-corrected chi connectivity index (χ0v) is 20.6. The molecule has 4 heterocycles. The van der Waals surface area contributed by atoms with Crippen LogP contribution < -0.4 is 4.90 Å². The van der Waals surface area contributed by atoms with E-state index in [1.165, 1.54) is 12.3 Å². The Morgan fingerprint density at radius 2 is 1.82 bits per heavy atom. The average molecular weight is 466 g/mol. The number of carbonyl (C=O) groups is 1. The molecule has 34 heavy (non-hydrogen) atoms. The molecule has 1 fully saturated rings. The van der Waals surface area contributed by atoms with Gasteiger partial charge in [0, 0.05) is 37.9 Å². The summed E-state index contributed by atoms with van der Waals surface area (Å²) in [6, 6.07) is 5.03. The fourth-order valence-electron chi connectivity index (χ4n) is 4.22. The Bertz CT molecular complexity index is 1230. The molecule has 10 heteroatoms. The quantitative estimate of drug-likeness (QED) is 0.425. The van der Waals surface area contributed by atoms with Gasteiger partial charge in [0.05, 0.1) is 27.1 Å². The minimum absolute atomic E-state index is 0.0258. The molecule has 0 aromatic carbocycles. The number of piperazine rings is 1. The molecular weight excluding hydrogens is 434 g/mol. The Labute approximate surface area is 198 Å². The lowest BCUT2D eigenvalue weighted by molar-refractivity contribution is -0.385. The molecule has 1 saturated heterocycles. The van der Waals surface area contributed by atoms with Gasteiger partial charge >= 0.3 is 0 Å². The summed E-state index contributed by atoms with van der Waals surface area (Å²) in [5.41, 5.74) is 2.75. The van der Waals surface area contributed by atoms with E-state index in [0.29, 0.717) is 37.6 Å². The largest absolute Gasteiger partial charge is 0.353 e. The monoisotopic (exact) mass is 465 g/mol. The molecule has 0 spiro atoms. The van der Waals surface area contributed by atoms with Gasteiger partial charge in [0.1, 0.15) is 12.0 Å². The third kappa shape index (κ3) is 4.32. The second-order valence-corrected chi connectivity index (χ2v) is 10.0. The highest BCUT2D eigenvalue weighted by atomic mass is 16.6. The van der Waals surface area contributed by atoms with E-state index in [2.05, 4.69) is 39.6 Å². The number of carbonyl (C=O) groups excluding carboxylic acids is 1. The fraction of sp³-hybridized carbons (Fsp3) is 0.500. The van der Waals surface area contributed by atoms with Crippen LogP contribution in [0, 0.1) is 17.0 Å². The lowest BCUT2D eigenvalue weighted by Gasteiger charge is -2.35. The molecule has 0 bridgehead atoms. The first-order chi connectivity index (χ1) is 16.0. The third-order valence-electron chi connectivity index (χ3n) is 6.12. The van der Waals surface area contributed by atoms with Crippen LogP contribution >= 0.6 is 0 Å². The maximum absolute atomic E-state index is 13.7. The lowest BCUT2D eigenvalue weighted by Crippen LogP contribution is -2.49. The van der Waals surface area contributed by atoms with Crippen molar-refractivity contribution in [1.82, 2.24) is 24.6 Å². The van der Waals surface area contributed by atoms with Crippen molar-refractivity contribution in [3.63, 3.8) is 0 Å². The molecule has 0 aliphatic carbocycles. The van der Waals surface area contributed by atoms with Crippen LogP contribution in [0.3, 0.4) is 0 Å². The van der Waals surface area contributed by atoms with E-state index < -0.39 is 4.92 Å². The Balaban J connectivity index is 1.62. The van der Waals surface area contributed by atoms with Crippen molar-refractivity contribution in [1.29, 1.82) is 0 Å². The van der Waals surface area contributed by atoms with Crippen molar-refractivity contribution in [2.75, 3.05) is 31.1 Å². The molecule has 10 nitrogen and oxygen atoms in total. The summed E-state index contributed by atoms with van der Waals surface area (Å²) in [7, 11) is 0. The summed E-state index contributed by atoms with van der Waals surface area (Å²) < 4.78 is 1.92. The number of anilines is 1. The van der Waals surface area contributed by atoms with E-state index >= 15 is 0 Å². The second-order valence-electron chi connectivity index (χ2n) is 10.0. The number of hydrogen-bond donors (Lipinski definition) is 0. The van der Waals surface area contributed by atoms with Gasteiger partial charge in [-0.05, 0) is 45.7 Å². The van der Waals surface area contributed by atoms with E-state index in [1.807, 2.05) is 27.5 Å². The summed E-state index contributed by atoms with van der Waals surface area (Å²) in [5, 5.41) is 16.4. The fourth-order valence-corrected chi connectivity index (χ4v) is 4.22. The zero-order chi connectivity index (χ0) is 24.8. The molecule has 0 radical (unpaired) electrons. The number of hydrogen-bond acceptors (Lipinski definition) is 7. The Hall–Kier alpha value is -3.56. The predicted octanol–water partition coefficient (Wildman–Crippen LogP) is 3.88. The molecule has 180 valence electrons. The maximum atomic E-state index is 13.7. The molecule has 0 unspecified atom stereocenters. The number of aryl methyl sites for hydroxylation is 1. The molecule has 0 N–H and O–H groups in total. The Morgan fingerprint density at radius 1 is 1.15 bits per heavy atom. The molecular formula is C24H31N7O3. The molecule has 1 amide bonds. The number of rotatable bonds is 4. The van der Waals surface area contributed by atoms with Gasteiger partial charge in [-0.15, -0.1) is 0 Å². The first-order valence-electron chi connectivity index (χ1n) is 11.5. The molecule has 0 atom stereocenters. The van der Waals surface area contributed by atoms with E-state index in [9.17, 15) is 14.9 Å². The summed E-state index contributed by atoms with van der Waals surface area (Å²) in [6.07, 6.45) is 1.27. The minimum atomic E-state index is -0.460. The van der Waals surface area contributed by atoms with Crippen LogP contribution in [0.1, 0.15) is 62.3 Å². The van der Waals surface area contributed by atoms with Crippen molar-refractivity contribution in [2.24, 2.45) is 0 Å². The number of aromatic nitrogens is 4. The highest BCUT2D eigenvalue weighted by Gasteiger charge is 2.29. The van der Waals surface area contributed by atoms with Gasteiger partial charge in [-0.2, -0.15) is 5.10 Å². The summed E-state index contributed by atoms with van der Waals surface area (Å²) >= 11 is 0. The van der Waals surface area contributed by atoms with E-state index in [0.717, 1.165) is 22.4 Å². The van der Waals surface area contributed by atoms with Crippen molar-refractivity contribution in [3.8, 4) is 0 Å². The zero-order valence-electron chi connectivity index (χ0n) is 20.6. The van der Waals surface area contributed by atoms with Crippen molar-refractivity contribution >= 4 is 28.4 Å². The second kappa shape index (κ2) is 8.66. The standard InChI is InChI=1S/C24H31N7O3/c1-15(2)19-13-18(21-16(3)27-30(22(21)26-19)24(4,5)6)23(32)29-11-9-28(10-12-29)20-8-7-17(14-25-20)31(33)34/h7-8,13-15H,9-12H2,1-6H3. The molecule has 0 saturated carbocycles. The van der Waals surface area contributed by atoms with Crippen LogP contribution in [0.25, 0.3) is 11.0 Å². The maximum Gasteiger partial charge on any atom is 0.287 e. The number of fused-ring (bicyclic) bond motifs is 1. The first kappa shape index (κ1) is 23.6. The van der Waals surface area contributed by atoms with Gasteiger partial charge in [-0.3, -0.25) is 14.9 Å². The van der Waals surface area contributed by atoms with Gasteiger partial charge in [0.25, 0.3) is 11.6 Å². The van der Waals surface area contributed by atoms with Crippen LogP contribution in [0.5, 0.6) is 0 Å². The number of pyridine rings is 2. The molecule has 3 aromatic heterocycles. The average Bonchev–Trinajstić information content (AvgIpc) is 3.15. The van der Waals surface area contributed by atoms with Crippen LogP contribution in [-0.2, 0) is 5.54 Å². The summed E-state index contributed by atoms with van der Waals surface area (Å²) in [6.45, 7) is 14.6. The van der Waals surface area contributed by atoms with Crippen molar-refractivity contribution in [3.05, 3.63) is 51.5 Å². The van der Waals surface area contributed by atoms with E-state index in [4.69, 9.17) is 10.1 Å². The third-order valence-corrected chi connectivity index (χ3v) is 6.12. The summed E-state index contributed by atoms with van der Waals surface area (Å²) in [5.74, 6) is 0.820. The van der Waals surface area contributed by atoms with Crippen LogP contribution in [-0.4, -0.2) is 61.7 Å². The van der Waals surface area contributed by atoms with Crippen molar-refractivity contribution < 1.29 is 9.72 Å². The number of nitro groups is 1. The Morgan fingerprint density at radius 3 is 2.35 bits per heavy atom. The predicted molar refractivity (Wildman–Crippen MR) is 130 cm³/mol. The van der Waals surface area contributed by atoms with Gasteiger partial charge in [0.2, 0.25) is 0 Å². The molecule has 1 aliphatic rings. The van der Waals surface area contributed by atoms with Gasteiger partial charge < -0.3 is 9.80 Å². The van der Waals surface area contributed by atoms with Crippen LogP contribution in [0.2, 0.25) is 0 Å². The Kier molecular flexibility index (Phi) is 6.01. The lowest BCUT2D eigenvalue weighted by atomic mass is 10.0. The van der Waals surface area contributed by atoms with Gasteiger partial charge in [-0.25, -0.2) is 14.6 Å². The summed E-state index contributed by atoms with van der Waals surface area (Å²) in [4.78, 5) is 37.1. The normalized spacial score (nSPS) is 14.8. The molecule has 1 aliphatic heterocycles. The minimum Gasteiger partial charge on any atom is -0.353 e. The highest BCUT2D eigenvalue weighted by molar-refractivity contribution is 6.06. The molecule has 4 rings (SSSR count). The number of amides is 1. The SMILES string of the molecule is Cc1nn(C(C)(C)C)c2nc(C(C)C)cc(C(=O)N3CCN(c4ccc([N+](=O)[O-])cn4)CC3)c12. The topological polar surface area (TPSA) is 110 Å². The van der Waals surface area contributed by atoms with Crippen molar-refractivity contribution in [2.45, 2.75) is 53.0 Å². The smallest absolute Gasteiger partial charge is 0.287 e. The van der Waals surface area contributed by atoms with Crippen LogP contribution in [0.15, 0.2) is 24.4 Å². The van der Waals surface area contributed by atoms with Gasteiger partial charge in [-0.1, -0.05) is 13.8 Å². The highest BCUT2D eigenvalue weighted by Crippen LogP contribution is 2.30. The van der Waals surface area contributed by atoms with Crippen LogP contribution in [0.4, 0.5) is 11.5 Å². The number of nitrogens with zero attached hydrogens (tertiary/aromatic N) is 7. The molecule has 3 aromatic rings.